The molecular weight excluding hydrogens is 270 g/mol. The Kier molecular flexibility index (Phi) is 3.04. The van der Waals surface area contributed by atoms with Gasteiger partial charge < -0.3 is 10.1 Å². The van der Waals surface area contributed by atoms with Crippen LogP contribution < -0.4 is 5.32 Å². The van der Waals surface area contributed by atoms with Crippen LogP contribution in [0.25, 0.3) is 0 Å². The SMILES string of the molecule is CC1(C)NC(=O)CO[C@H]1c1ccccc1Br. The molecule has 1 saturated heterocycles. The fraction of sp³-hybridized carbons (Fsp3) is 0.417. The van der Waals surface area contributed by atoms with Crippen LogP contribution in [0.2, 0.25) is 0 Å². The van der Waals surface area contributed by atoms with Crippen molar-refractivity contribution in [2.45, 2.75) is 25.5 Å². The topological polar surface area (TPSA) is 38.3 Å². The molecule has 1 aliphatic heterocycles. The molecular formula is C12H14BrNO2. The largest absolute Gasteiger partial charge is 0.361 e. The van der Waals surface area contributed by atoms with Gasteiger partial charge in [-0.3, -0.25) is 4.79 Å². The normalized spacial score (nSPS) is 23.9. The van der Waals surface area contributed by atoms with Crippen molar-refractivity contribution in [2.24, 2.45) is 0 Å². The minimum atomic E-state index is -0.390. The molecule has 1 heterocycles. The summed E-state index contributed by atoms with van der Waals surface area (Å²) in [5.74, 6) is -0.0618. The lowest BCUT2D eigenvalue weighted by Gasteiger charge is -2.39. The van der Waals surface area contributed by atoms with E-state index in [1.54, 1.807) is 0 Å². The number of nitrogens with one attached hydrogen (secondary N) is 1. The van der Waals surface area contributed by atoms with Gasteiger partial charge in [-0.25, -0.2) is 0 Å². The van der Waals surface area contributed by atoms with E-state index in [0.29, 0.717) is 0 Å². The Balaban J connectivity index is 2.34. The highest BCUT2D eigenvalue weighted by atomic mass is 79.9. The summed E-state index contributed by atoms with van der Waals surface area (Å²) < 4.78 is 6.63. The Morgan fingerprint density at radius 3 is 2.75 bits per heavy atom. The van der Waals surface area contributed by atoms with Crippen LogP contribution in [0.4, 0.5) is 0 Å². The smallest absolute Gasteiger partial charge is 0.246 e. The van der Waals surface area contributed by atoms with Gasteiger partial charge in [0.25, 0.3) is 0 Å². The third-order valence-corrected chi connectivity index (χ3v) is 3.41. The van der Waals surface area contributed by atoms with Gasteiger partial charge in [-0.2, -0.15) is 0 Å². The number of ether oxygens (including phenoxy) is 1. The Bertz CT molecular complexity index is 417. The minimum absolute atomic E-state index is 0.0618. The van der Waals surface area contributed by atoms with E-state index in [9.17, 15) is 4.79 Å². The number of carbonyl (C=O) groups is 1. The van der Waals surface area contributed by atoms with Crippen molar-refractivity contribution in [3.8, 4) is 0 Å². The first kappa shape index (κ1) is 11.6. The molecule has 0 radical (unpaired) electrons. The average molecular weight is 284 g/mol. The molecule has 0 aliphatic carbocycles. The van der Waals surface area contributed by atoms with Gasteiger partial charge in [-0.15, -0.1) is 0 Å². The predicted octanol–water partition coefficient (Wildman–Crippen LogP) is 2.42. The van der Waals surface area contributed by atoms with Crippen molar-refractivity contribution in [2.75, 3.05) is 6.61 Å². The number of halogens is 1. The van der Waals surface area contributed by atoms with E-state index in [4.69, 9.17) is 4.74 Å². The summed E-state index contributed by atoms with van der Waals surface area (Å²) >= 11 is 3.51. The summed E-state index contributed by atoms with van der Waals surface area (Å²) in [5, 5.41) is 2.95. The molecule has 2 rings (SSSR count). The lowest BCUT2D eigenvalue weighted by atomic mass is 9.90. The number of rotatable bonds is 1. The van der Waals surface area contributed by atoms with Crippen LogP contribution in [-0.2, 0) is 9.53 Å². The second-order valence-electron chi connectivity index (χ2n) is 4.48. The second-order valence-corrected chi connectivity index (χ2v) is 5.34. The monoisotopic (exact) mass is 283 g/mol. The van der Waals surface area contributed by atoms with Crippen LogP contribution in [0.3, 0.4) is 0 Å². The number of amides is 1. The Hall–Kier alpha value is -0.870. The summed E-state index contributed by atoms with van der Waals surface area (Å²) in [6, 6.07) is 7.91. The number of carbonyl (C=O) groups excluding carboxylic acids is 1. The van der Waals surface area contributed by atoms with Crippen molar-refractivity contribution in [3.63, 3.8) is 0 Å². The van der Waals surface area contributed by atoms with Crippen molar-refractivity contribution >= 4 is 21.8 Å². The first-order chi connectivity index (χ1) is 7.50. The van der Waals surface area contributed by atoms with Crippen LogP contribution in [-0.4, -0.2) is 18.1 Å². The molecule has 86 valence electrons. The molecule has 3 nitrogen and oxygen atoms in total. The molecule has 0 saturated carbocycles. The number of morpholine rings is 1. The third-order valence-electron chi connectivity index (χ3n) is 2.69. The molecule has 1 aromatic carbocycles. The molecule has 1 fully saturated rings. The summed E-state index contributed by atoms with van der Waals surface area (Å²) in [4.78, 5) is 11.3. The summed E-state index contributed by atoms with van der Waals surface area (Å²) in [7, 11) is 0. The van der Waals surface area contributed by atoms with E-state index in [-0.39, 0.29) is 24.2 Å². The van der Waals surface area contributed by atoms with Crippen molar-refractivity contribution in [1.29, 1.82) is 0 Å². The summed E-state index contributed by atoms with van der Waals surface area (Å²) in [6.45, 7) is 4.05. The third kappa shape index (κ3) is 2.13. The van der Waals surface area contributed by atoms with E-state index < -0.39 is 0 Å². The van der Waals surface area contributed by atoms with Crippen molar-refractivity contribution in [1.82, 2.24) is 5.32 Å². The molecule has 0 bridgehead atoms. The van der Waals surface area contributed by atoms with E-state index in [1.807, 2.05) is 38.1 Å². The van der Waals surface area contributed by atoms with Crippen molar-refractivity contribution < 1.29 is 9.53 Å². The number of hydrogen-bond donors (Lipinski definition) is 1. The van der Waals surface area contributed by atoms with Gasteiger partial charge in [0.1, 0.15) is 12.7 Å². The van der Waals surface area contributed by atoms with Crippen LogP contribution in [0.1, 0.15) is 25.5 Å². The molecule has 0 spiro atoms. The molecule has 4 heteroatoms. The van der Waals surface area contributed by atoms with Gasteiger partial charge in [0.2, 0.25) is 5.91 Å². The number of benzene rings is 1. The van der Waals surface area contributed by atoms with Gasteiger partial charge in [0.15, 0.2) is 0 Å². The van der Waals surface area contributed by atoms with Crippen LogP contribution in [0.15, 0.2) is 28.7 Å². The molecule has 1 aliphatic rings. The fourth-order valence-electron chi connectivity index (χ4n) is 1.99. The van der Waals surface area contributed by atoms with Gasteiger partial charge in [0, 0.05) is 4.47 Å². The van der Waals surface area contributed by atoms with Crippen LogP contribution in [0.5, 0.6) is 0 Å². The van der Waals surface area contributed by atoms with Crippen molar-refractivity contribution in [3.05, 3.63) is 34.3 Å². The quantitative estimate of drug-likeness (QED) is 0.860. The molecule has 1 N–H and O–H groups in total. The molecule has 1 aromatic rings. The van der Waals surface area contributed by atoms with E-state index in [0.717, 1.165) is 10.0 Å². The molecule has 16 heavy (non-hydrogen) atoms. The summed E-state index contributed by atoms with van der Waals surface area (Å²) in [5.41, 5.74) is 0.673. The summed E-state index contributed by atoms with van der Waals surface area (Å²) in [6.07, 6.45) is -0.124. The zero-order valence-electron chi connectivity index (χ0n) is 9.29. The van der Waals surface area contributed by atoms with Gasteiger partial charge in [-0.1, -0.05) is 34.1 Å². The zero-order chi connectivity index (χ0) is 11.8. The van der Waals surface area contributed by atoms with Gasteiger partial charge in [-0.05, 0) is 25.5 Å². The van der Waals surface area contributed by atoms with E-state index in [2.05, 4.69) is 21.2 Å². The fourth-order valence-corrected chi connectivity index (χ4v) is 2.49. The predicted molar refractivity (Wildman–Crippen MR) is 65.1 cm³/mol. The minimum Gasteiger partial charge on any atom is -0.361 e. The van der Waals surface area contributed by atoms with E-state index >= 15 is 0 Å². The maximum absolute atomic E-state index is 11.3. The molecule has 0 aromatic heterocycles. The Labute approximate surface area is 103 Å². The molecule has 1 atom stereocenters. The first-order valence-corrected chi connectivity index (χ1v) is 5.97. The lowest BCUT2D eigenvalue weighted by Crippen LogP contribution is -2.54. The second kappa shape index (κ2) is 4.18. The van der Waals surface area contributed by atoms with E-state index in [1.165, 1.54) is 0 Å². The maximum Gasteiger partial charge on any atom is 0.246 e. The standard InChI is InChI=1S/C12H14BrNO2/c1-12(2)11(16-7-10(15)14-12)8-5-3-4-6-9(8)13/h3-6,11H,7H2,1-2H3,(H,14,15)/t11-/m0/s1. The lowest BCUT2D eigenvalue weighted by molar-refractivity contribution is -0.142. The Morgan fingerprint density at radius 2 is 2.12 bits per heavy atom. The highest BCUT2D eigenvalue weighted by Gasteiger charge is 2.38. The van der Waals surface area contributed by atoms with Crippen LogP contribution >= 0.6 is 15.9 Å². The Morgan fingerprint density at radius 1 is 1.44 bits per heavy atom. The van der Waals surface area contributed by atoms with Gasteiger partial charge in [0.05, 0.1) is 5.54 Å². The van der Waals surface area contributed by atoms with Gasteiger partial charge >= 0.3 is 0 Å². The molecule has 0 unspecified atom stereocenters. The maximum atomic E-state index is 11.3. The van der Waals surface area contributed by atoms with Crippen LogP contribution in [0, 0.1) is 0 Å². The highest BCUT2D eigenvalue weighted by Crippen LogP contribution is 2.35. The first-order valence-electron chi connectivity index (χ1n) is 5.18. The average Bonchev–Trinajstić information content (AvgIpc) is 2.18. The number of hydrogen-bond acceptors (Lipinski definition) is 2. The zero-order valence-corrected chi connectivity index (χ0v) is 10.9. The molecule has 1 amide bonds. The highest BCUT2D eigenvalue weighted by molar-refractivity contribution is 9.10.